The first-order valence-electron chi connectivity index (χ1n) is 7.60. The van der Waals surface area contributed by atoms with E-state index in [0.29, 0.717) is 31.7 Å². The highest BCUT2D eigenvalue weighted by Gasteiger charge is 2.33. The second kappa shape index (κ2) is 6.35. The van der Waals surface area contributed by atoms with E-state index in [1.165, 1.54) is 12.1 Å². The van der Waals surface area contributed by atoms with Crippen LogP contribution in [-0.4, -0.2) is 42.7 Å². The van der Waals surface area contributed by atoms with Gasteiger partial charge in [0.05, 0.1) is 10.1 Å². The maximum atomic E-state index is 13.0. The van der Waals surface area contributed by atoms with Gasteiger partial charge in [0.2, 0.25) is 0 Å². The zero-order valence-electron chi connectivity index (χ0n) is 13.1. The van der Waals surface area contributed by atoms with Gasteiger partial charge in [0, 0.05) is 19.2 Å². The molecule has 0 saturated carbocycles. The summed E-state index contributed by atoms with van der Waals surface area (Å²) in [5.41, 5.74) is 0.229. The Balaban J connectivity index is 1.68. The molecule has 0 aliphatic carbocycles. The zero-order valence-corrected chi connectivity index (χ0v) is 13.9. The van der Waals surface area contributed by atoms with Gasteiger partial charge < -0.3 is 9.42 Å². The number of hydrogen-bond donors (Lipinski definition) is 0. The highest BCUT2D eigenvalue weighted by molar-refractivity contribution is 7.92. The monoisotopic (exact) mass is 352 g/mol. The first-order valence-corrected chi connectivity index (χ1v) is 9.14. The summed E-state index contributed by atoms with van der Waals surface area (Å²) < 4.78 is 43.1. The average molecular weight is 352 g/mol. The minimum Gasteiger partial charge on any atom is -0.361 e. The number of benzene rings is 1. The lowest BCUT2D eigenvalue weighted by Crippen LogP contribution is -2.42. The molecule has 2 heterocycles. The van der Waals surface area contributed by atoms with Gasteiger partial charge in [-0.3, -0.25) is 4.79 Å². The number of aryl methyl sites for hydroxylation is 1. The molecule has 1 aromatic heterocycles. The van der Waals surface area contributed by atoms with Crippen LogP contribution in [0, 0.1) is 12.7 Å². The summed E-state index contributed by atoms with van der Waals surface area (Å²) in [5, 5.41) is 3.12. The molecule has 6 nitrogen and oxygen atoms in total. The van der Waals surface area contributed by atoms with Gasteiger partial charge in [-0.2, -0.15) is 0 Å². The number of halogens is 1. The van der Waals surface area contributed by atoms with Crippen LogP contribution in [0.4, 0.5) is 4.39 Å². The number of nitrogens with zero attached hydrogens (tertiary/aromatic N) is 2. The van der Waals surface area contributed by atoms with Crippen molar-refractivity contribution >= 4 is 15.7 Å². The predicted molar refractivity (Wildman–Crippen MR) is 83.8 cm³/mol. The second-order valence-electron chi connectivity index (χ2n) is 5.81. The molecule has 2 aromatic rings. The summed E-state index contributed by atoms with van der Waals surface area (Å²) >= 11 is 0. The molecule has 1 aliphatic heterocycles. The molecule has 0 radical (unpaired) electrons. The van der Waals surface area contributed by atoms with Gasteiger partial charge >= 0.3 is 0 Å². The van der Waals surface area contributed by atoms with Crippen LogP contribution in [-0.2, 0) is 9.84 Å². The fourth-order valence-corrected chi connectivity index (χ4v) is 4.55. The van der Waals surface area contributed by atoms with E-state index in [4.69, 9.17) is 4.52 Å². The molecule has 128 valence electrons. The summed E-state index contributed by atoms with van der Waals surface area (Å²) in [6.45, 7) is 2.36. The van der Waals surface area contributed by atoms with Crippen LogP contribution in [0.2, 0.25) is 0 Å². The molecule has 8 heteroatoms. The first-order chi connectivity index (χ1) is 11.4. The Morgan fingerprint density at radius 1 is 1.25 bits per heavy atom. The van der Waals surface area contributed by atoms with Crippen LogP contribution in [0.15, 0.2) is 39.8 Å². The zero-order chi connectivity index (χ0) is 17.3. The predicted octanol–water partition coefficient (Wildman–Crippen LogP) is 2.20. The summed E-state index contributed by atoms with van der Waals surface area (Å²) in [5.74, 6) is -0.186. The second-order valence-corrected chi connectivity index (χ2v) is 8.04. The Bertz CT molecular complexity index is 837. The molecule has 1 aromatic carbocycles. The number of rotatable bonds is 3. The quantitative estimate of drug-likeness (QED) is 0.791. The third kappa shape index (κ3) is 3.19. The lowest BCUT2D eigenvalue weighted by atomic mass is 10.1. The van der Waals surface area contributed by atoms with Gasteiger partial charge in [0.15, 0.2) is 15.5 Å². The van der Waals surface area contributed by atoms with E-state index in [1.54, 1.807) is 17.9 Å². The van der Waals surface area contributed by atoms with Crippen LogP contribution in [0.5, 0.6) is 0 Å². The van der Waals surface area contributed by atoms with Gasteiger partial charge in [-0.1, -0.05) is 5.16 Å². The Morgan fingerprint density at radius 2 is 1.88 bits per heavy atom. The van der Waals surface area contributed by atoms with Gasteiger partial charge in [-0.05, 0) is 44.0 Å². The number of carbonyl (C=O) groups excluding carboxylic acids is 1. The van der Waals surface area contributed by atoms with Crippen molar-refractivity contribution in [2.45, 2.75) is 29.9 Å². The lowest BCUT2D eigenvalue weighted by molar-refractivity contribution is 0.0715. The number of sulfone groups is 1. The third-order valence-corrected chi connectivity index (χ3v) is 6.44. The molecule has 3 rings (SSSR count). The Morgan fingerprint density at radius 3 is 2.42 bits per heavy atom. The Labute approximate surface area is 139 Å². The van der Waals surface area contributed by atoms with Crippen molar-refractivity contribution in [2.75, 3.05) is 13.1 Å². The van der Waals surface area contributed by atoms with Gasteiger partial charge in [0.1, 0.15) is 11.6 Å². The van der Waals surface area contributed by atoms with Gasteiger partial charge in [-0.25, -0.2) is 12.8 Å². The molecular weight excluding hydrogens is 335 g/mol. The van der Waals surface area contributed by atoms with Crippen LogP contribution < -0.4 is 0 Å². The smallest absolute Gasteiger partial charge is 0.276 e. The highest BCUT2D eigenvalue weighted by atomic mass is 32.2. The number of hydrogen-bond acceptors (Lipinski definition) is 5. The van der Waals surface area contributed by atoms with Crippen molar-refractivity contribution < 1.29 is 22.1 Å². The lowest BCUT2D eigenvalue weighted by Gasteiger charge is -2.31. The number of piperidine rings is 1. The normalized spacial score (nSPS) is 16.3. The summed E-state index contributed by atoms with van der Waals surface area (Å²) in [6, 6.07) is 6.39. The fourth-order valence-electron chi connectivity index (χ4n) is 2.82. The molecule has 24 heavy (non-hydrogen) atoms. The number of likely N-dealkylation sites (tertiary alicyclic amines) is 1. The van der Waals surface area contributed by atoms with Crippen LogP contribution in [0.25, 0.3) is 0 Å². The molecular formula is C16H17FN2O4S. The van der Waals surface area contributed by atoms with Crippen molar-refractivity contribution in [1.82, 2.24) is 10.1 Å². The molecule has 1 aliphatic rings. The van der Waals surface area contributed by atoms with Crippen LogP contribution >= 0.6 is 0 Å². The molecule has 0 N–H and O–H groups in total. The van der Waals surface area contributed by atoms with E-state index in [-0.39, 0.29) is 16.5 Å². The van der Waals surface area contributed by atoms with E-state index >= 15 is 0 Å². The first kappa shape index (κ1) is 16.6. The standard InChI is InChI=1S/C16H17FN2O4S/c1-11-10-15(18-23-11)16(20)19-8-6-14(7-9-19)24(21,22)13-4-2-12(17)3-5-13/h2-5,10,14H,6-9H2,1H3. The molecule has 0 atom stereocenters. The van der Waals surface area contributed by atoms with Crippen molar-refractivity contribution in [2.24, 2.45) is 0 Å². The molecule has 1 fully saturated rings. The van der Waals surface area contributed by atoms with Crippen molar-refractivity contribution in [3.05, 3.63) is 47.6 Å². The number of aromatic nitrogens is 1. The summed E-state index contributed by atoms with van der Waals surface area (Å²) in [4.78, 5) is 14.0. The van der Waals surface area contributed by atoms with Gasteiger partial charge in [0.25, 0.3) is 5.91 Å². The minimum atomic E-state index is -3.53. The van der Waals surface area contributed by atoms with Crippen LogP contribution in [0.1, 0.15) is 29.1 Å². The molecule has 1 saturated heterocycles. The topological polar surface area (TPSA) is 80.5 Å². The fraction of sp³-hybridized carbons (Fsp3) is 0.375. The van der Waals surface area contributed by atoms with E-state index in [2.05, 4.69) is 5.16 Å². The van der Waals surface area contributed by atoms with Gasteiger partial charge in [-0.15, -0.1) is 0 Å². The number of carbonyl (C=O) groups is 1. The maximum Gasteiger partial charge on any atom is 0.276 e. The van der Waals surface area contributed by atoms with E-state index in [1.807, 2.05) is 0 Å². The van der Waals surface area contributed by atoms with Crippen LogP contribution in [0.3, 0.4) is 0 Å². The molecule has 0 spiro atoms. The van der Waals surface area contributed by atoms with E-state index in [9.17, 15) is 17.6 Å². The number of amides is 1. The largest absolute Gasteiger partial charge is 0.361 e. The summed E-state index contributed by atoms with van der Waals surface area (Å²) in [7, 11) is -3.53. The Hall–Kier alpha value is -2.22. The molecule has 1 amide bonds. The summed E-state index contributed by atoms with van der Waals surface area (Å²) in [6.07, 6.45) is 0.671. The highest BCUT2D eigenvalue weighted by Crippen LogP contribution is 2.25. The maximum absolute atomic E-state index is 13.0. The average Bonchev–Trinajstić information content (AvgIpc) is 3.01. The molecule has 0 unspecified atom stereocenters. The van der Waals surface area contributed by atoms with Crippen molar-refractivity contribution in [3.63, 3.8) is 0 Å². The van der Waals surface area contributed by atoms with Crippen molar-refractivity contribution in [3.8, 4) is 0 Å². The molecule has 0 bridgehead atoms. The Kier molecular flexibility index (Phi) is 4.40. The van der Waals surface area contributed by atoms with E-state index in [0.717, 1.165) is 12.1 Å². The van der Waals surface area contributed by atoms with Crippen molar-refractivity contribution in [1.29, 1.82) is 0 Å². The SMILES string of the molecule is Cc1cc(C(=O)N2CCC(S(=O)(=O)c3ccc(F)cc3)CC2)no1. The third-order valence-electron chi connectivity index (χ3n) is 4.16. The minimum absolute atomic E-state index is 0.112. The van der Waals surface area contributed by atoms with E-state index < -0.39 is 20.9 Å².